The summed E-state index contributed by atoms with van der Waals surface area (Å²) in [6, 6.07) is 12.1. The molecule has 0 radical (unpaired) electrons. The molecule has 0 aliphatic heterocycles. The maximum atomic E-state index is 12.8. The molecule has 2 rings (SSSR count). The second kappa shape index (κ2) is 6.96. The standard InChI is InChI=1S/C15H16FN3S/c1-11(14-4-2-3-9-17-14)19-15(20)18-10-12-5-7-13(16)8-6-12/h2-9,11H,10H2,1H3,(H2,18,19,20)/t11-/m0/s1. The summed E-state index contributed by atoms with van der Waals surface area (Å²) in [4.78, 5) is 4.27. The second-order valence-electron chi connectivity index (χ2n) is 4.43. The van der Waals surface area contributed by atoms with Crippen molar-refractivity contribution in [2.24, 2.45) is 0 Å². The van der Waals surface area contributed by atoms with Gasteiger partial charge in [0.05, 0.1) is 11.7 Å². The van der Waals surface area contributed by atoms with Gasteiger partial charge in [0.1, 0.15) is 5.82 Å². The van der Waals surface area contributed by atoms with Crippen molar-refractivity contribution in [2.45, 2.75) is 19.5 Å². The van der Waals surface area contributed by atoms with Crippen molar-refractivity contribution in [3.05, 3.63) is 65.7 Å². The lowest BCUT2D eigenvalue weighted by atomic mass is 10.2. The number of nitrogens with zero attached hydrogens (tertiary/aromatic N) is 1. The summed E-state index contributed by atoms with van der Waals surface area (Å²) in [5.41, 5.74) is 1.90. The van der Waals surface area contributed by atoms with Crippen molar-refractivity contribution in [3.8, 4) is 0 Å². The largest absolute Gasteiger partial charge is 0.359 e. The molecular weight excluding hydrogens is 273 g/mol. The maximum absolute atomic E-state index is 12.8. The minimum Gasteiger partial charge on any atom is -0.359 e. The zero-order valence-electron chi connectivity index (χ0n) is 11.1. The van der Waals surface area contributed by atoms with Crippen molar-refractivity contribution >= 4 is 17.3 Å². The summed E-state index contributed by atoms with van der Waals surface area (Å²) in [5, 5.41) is 6.80. The van der Waals surface area contributed by atoms with Gasteiger partial charge in [-0.05, 0) is 49.0 Å². The molecule has 0 aliphatic carbocycles. The smallest absolute Gasteiger partial charge is 0.167 e. The van der Waals surface area contributed by atoms with E-state index in [4.69, 9.17) is 12.2 Å². The molecule has 1 aromatic carbocycles. The van der Waals surface area contributed by atoms with E-state index in [0.29, 0.717) is 11.7 Å². The Kier molecular flexibility index (Phi) is 5.01. The predicted octanol–water partition coefficient (Wildman–Crippen LogP) is 2.95. The number of pyridine rings is 1. The number of nitrogens with one attached hydrogen (secondary N) is 2. The van der Waals surface area contributed by atoms with E-state index in [9.17, 15) is 4.39 Å². The zero-order valence-corrected chi connectivity index (χ0v) is 12.0. The van der Waals surface area contributed by atoms with Crippen LogP contribution < -0.4 is 10.6 Å². The van der Waals surface area contributed by atoms with Crippen LogP contribution in [0.5, 0.6) is 0 Å². The van der Waals surface area contributed by atoms with Gasteiger partial charge in [0, 0.05) is 12.7 Å². The van der Waals surface area contributed by atoms with E-state index in [-0.39, 0.29) is 11.9 Å². The van der Waals surface area contributed by atoms with Gasteiger partial charge in [-0.25, -0.2) is 4.39 Å². The first-order valence-electron chi connectivity index (χ1n) is 6.35. The van der Waals surface area contributed by atoms with Crippen molar-refractivity contribution in [1.29, 1.82) is 0 Å². The van der Waals surface area contributed by atoms with Crippen LogP contribution in [0.25, 0.3) is 0 Å². The molecule has 1 atom stereocenters. The molecule has 0 saturated heterocycles. The Morgan fingerprint density at radius 2 is 2.00 bits per heavy atom. The van der Waals surface area contributed by atoms with Gasteiger partial charge in [0.2, 0.25) is 0 Å². The number of rotatable bonds is 4. The highest BCUT2D eigenvalue weighted by Gasteiger charge is 2.07. The Morgan fingerprint density at radius 3 is 2.65 bits per heavy atom. The third kappa shape index (κ3) is 4.28. The lowest BCUT2D eigenvalue weighted by Crippen LogP contribution is -2.36. The van der Waals surface area contributed by atoms with E-state index in [0.717, 1.165) is 11.3 Å². The van der Waals surface area contributed by atoms with Crippen LogP contribution >= 0.6 is 12.2 Å². The molecule has 0 aliphatic rings. The highest BCUT2D eigenvalue weighted by Crippen LogP contribution is 2.07. The molecular formula is C15H16FN3S. The van der Waals surface area contributed by atoms with E-state index in [1.165, 1.54) is 12.1 Å². The Balaban J connectivity index is 1.82. The van der Waals surface area contributed by atoms with Gasteiger partial charge in [-0.2, -0.15) is 0 Å². The fraction of sp³-hybridized carbons (Fsp3) is 0.200. The molecule has 0 spiro atoms. The summed E-state index contributed by atoms with van der Waals surface area (Å²) in [6.45, 7) is 2.55. The quantitative estimate of drug-likeness (QED) is 0.849. The van der Waals surface area contributed by atoms with Gasteiger partial charge in [-0.3, -0.25) is 4.98 Å². The first-order chi connectivity index (χ1) is 9.65. The monoisotopic (exact) mass is 289 g/mol. The van der Waals surface area contributed by atoms with Crippen LogP contribution in [-0.4, -0.2) is 10.1 Å². The van der Waals surface area contributed by atoms with Crippen LogP contribution in [0.3, 0.4) is 0 Å². The van der Waals surface area contributed by atoms with Crippen molar-refractivity contribution in [1.82, 2.24) is 15.6 Å². The van der Waals surface area contributed by atoms with Gasteiger partial charge >= 0.3 is 0 Å². The molecule has 1 heterocycles. The van der Waals surface area contributed by atoms with E-state index < -0.39 is 0 Å². The van der Waals surface area contributed by atoms with Crippen LogP contribution in [0.1, 0.15) is 24.2 Å². The van der Waals surface area contributed by atoms with Gasteiger partial charge in [-0.15, -0.1) is 0 Å². The molecule has 0 bridgehead atoms. The summed E-state index contributed by atoms with van der Waals surface area (Å²) in [7, 11) is 0. The molecule has 0 unspecified atom stereocenters. The third-order valence-electron chi connectivity index (χ3n) is 2.85. The van der Waals surface area contributed by atoms with Crippen LogP contribution in [0.4, 0.5) is 4.39 Å². The molecule has 104 valence electrons. The fourth-order valence-electron chi connectivity index (χ4n) is 1.74. The van der Waals surface area contributed by atoms with Crippen molar-refractivity contribution in [3.63, 3.8) is 0 Å². The number of hydrogen-bond acceptors (Lipinski definition) is 2. The SMILES string of the molecule is C[C@H](NC(=S)NCc1ccc(F)cc1)c1ccccn1. The lowest BCUT2D eigenvalue weighted by Gasteiger charge is -2.16. The van der Waals surface area contributed by atoms with Crippen LogP contribution in [0.2, 0.25) is 0 Å². The summed E-state index contributed by atoms with van der Waals surface area (Å²) < 4.78 is 12.8. The Morgan fingerprint density at radius 1 is 1.25 bits per heavy atom. The summed E-state index contributed by atoms with van der Waals surface area (Å²) in [5.74, 6) is -0.238. The third-order valence-corrected chi connectivity index (χ3v) is 3.11. The van der Waals surface area contributed by atoms with E-state index >= 15 is 0 Å². The summed E-state index contributed by atoms with van der Waals surface area (Å²) in [6.07, 6.45) is 1.75. The second-order valence-corrected chi connectivity index (χ2v) is 4.84. The minimum absolute atomic E-state index is 0.0319. The minimum atomic E-state index is -0.238. The van der Waals surface area contributed by atoms with Gasteiger partial charge in [0.15, 0.2) is 5.11 Å². The molecule has 2 aromatic rings. The highest BCUT2D eigenvalue weighted by molar-refractivity contribution is 7.80. The van der Waals surface area contributed by atoms with Crippen LogP contribution in [0, 0.1) is 5.82 Å². The van der Waals surface area contributed by atoms with Gasteiger partial charge < -0.3 is 10.6 Å². The molecule has 0 saturated carbocycles. The average molecular weight is 289 g/mol. The number of aromatic nitrogens is 1. The van der Waals surface area contributed by atoms with Crippen LogP contribution in [0.15, 0.2) is 48.7 Å². The molecule has 0 fully saturated rings. The van der Waals surface area contributed by atoms with E-state index in [1.54, 1.807) is 18.3 Å². The average Bonchev–Trinajstić information content (AvgIpc) is 2.47. The maximum Gasteiger partial charge on any atom is 0.167 e. The fourth-order valence-corrected chi connectivity index (χ4v) is 1.99. The molecule has 2 N–H and O–H groups in total. The van der Waals surface area contributed by atoms with E-state index in [1.807, 2.05) is 25.1 Å². The molecule has 20 heavy (non-hydrogen) atoms. The molecule has 0 amide bonds. The molecule has 1 aromatic heterocycles. The highest BCUT2D eigenvalue weighted by atomic mass is 32.1. The Bertz CT molecular complexity index is 557. The predicted molar refractivity (Wildman–Crippen MR) is 81.6 cm³/mol. The molecule has 3 nitrogen and oxygen atoms in total. The Labute approximate surface area is 123 Å². The molecule has 5 heteroatoms. The first-order valence-corrected chi connectivity index (χ1v) is 6.76. The Hall–Kier alpha value is -2.01. The number of halogens is 1. The number of benzene rings is 1. The number of thiocarbonyl (C=S) groups is 1. The zero-order chi connectivity index (χ0) is 14.4. The van der Waals surface area contributed by atoms with Crippen molar-refractivity contribution < 1.29 is 4.39 Å². The summed E-state index contributed by atoms with van der Waals surface area (Å²) >= 11 is 5.23. The van der Waals surface area contributed by atoms with Crippen molar-refractivity contribution in [2.75, 3.05) is 0 Å². The van der Waals surface area contributed by atoms with E-state index in [2.05, 4.69) is 15.6 Å². The normalized spacial score (nSPS) is 11.7. The number of hydrogen-bond donors (Lipinski definition) is 2. The topological polar surface area (TPSA) is 37.0 Å². The van der Waals surface area contributed by atoms with Gasteiger partial charge in [0.25, 0.3) is 0 Å². The lowest BCUT2D eigenvalue weighted by molar-refractivity contribution is 0.626. The van der Waals surface area contributed by atoms with Gasteiger partial charge in [-0.1, -0.05) is 18.2 Å². The first kappa shape index (κ1) is 14.4. The van der Waals surface area contributed by atoms with Crippen LogP contribution in [-0.2, 0) is 6.54 Å².